The lowest BCUT2D eigenvalue weighted by Gasteiger charge is -2.09. The number of ether oxygens (including phenoxy) is 1. The van der Waals surface area contributed by atoms with Gasteiger partial charge < -0.3 is 9.84 Å². The van der Waals surface area contributed by atoms with Gasteiger partial charge in [-0.05, 0) is 23.8 Å². The summed E-state index contributed by atoms with van der Waals surface area (Å²) in [7, 11) is 0. The van der Waals surface area contributed by atoms with Crippen LogP contribution in [0.4, 0.5) is 10.1 Å². The molecule has 0 radical (unpaired) electrons. The van der Waals surface area contributed by atoms with Gasteiger partial charge in [0.2, 0.25) is 5.75 Å². The van der Waals surface area contributed by atoms with E-state index in [-0.39, 0.29) is 34.4 Å². The number of nitro benzene ring substituents is 1. The summed E-state index contributed by atoms with van der Waals surface area (Å²) in [6.07, 6.45) is 0. The molecule has 0 amide bonds. The van der Waals surface area contributed by atoms with Crippen molar-refractivity contribution < 1.29 is 19.2 Å². The van der Waals surface area contributed by atoms with Crippen LogP contribution in [0.2, 0.25) is 5.02 Å². The van der Waals surface area contributed by atoms with Crippen molar-refractivity contribution in [2.75, 3.05) is 0 Å². The lowest BCUT2D eigenvalue weighted by molar-refractivity contribution is -0.385. The van der Waals surface area contributed by atoms with Crippen molar-refractivity contribution >= 4 is 17.3 Å². The van der Waals surface area contributed by atoms with Gasteiger partial charge in [-0.1, -0.05) is 17.7 Å². The third kappa shape index (κ3) is 3.04. The van der Waals surface area contributed by atoms with Gasteiger partial charge in [0.25, 0.3) is 0 Å². The number of aliphatic hydroxyl groups excluding tert-OH is 1. The van der Waals surface area contributed by atoms with Crippen LogP contribution < -0.4 is 4.74 Å². The molecule has 0 atom stereocenters. The Hall–Kier alpha value is -2.18. The largest absolute Gasteiger partial charge is 0.448 e. The second-order valence-corrected chi connectivity index (χ2v) is 4.31. The second kappa shape index (κ2) is 5.85. The van der Waals surface area contributed by atoms with Gasteiger partial charge in [-0.3, -0.25) is 10.1 Å². The monoisotopic (exact) mass is 297 g/mol. The summed E-state index contributed by atoms with van der Waals surface area (Å²) in [6, 6.07) is 7.62. The third-order valence-corrected chi connectivity index (χ3v) is 2.77. The Morgan fingerprint density at radius 2 is 2.10 bits per heavy atom. The molecule has 0 aromatic heterocycles. The number of nitro groups is 1. The van der Waals surface area contributed by atoms with Gasteiger partial charge in [-0.2, -0.15) is 0 Å². The Kier molecular flexibility index (Phi) is 4.16. The van der Waals surface area contributed by atoms with Gasteiger partial charge in [-0.25, -0.2) is 4.39 Å². The van der Waals surface area contributed by atoms with Crippen LogP contribution in [0.1, 0.15) is 5.56 Å². The highest BCUT2D eigenvalue weighted by Gasteiger charge is 2.19. The van der Waals surface area contributed by atoms with Crippen LogP contribution in [0.3, 0.4) is 0 Å². The fraction of sp³-hybridized carbons (Fsp3) is 0.0769. The van der Waals surface area contributed by atoms with E-state index in [4.69, 9.17) is 21.4 Å². The van der Waals surface area contributed by atoms with E-state index >= 15 is 0 Å². The average molecular weight is 298 g/mol. The minimum absolute atomic E-state index is 0.0188. The number of halogens is 2. The zero-order chi connectivity index (χ0) is 14.7. The molecule has 0 unspecified atom stereocenters. The molecule has 0 saturated heterocycles. The zero-order valence-corrected chi connectivity index (χ0v) is 10.8. The number of aliphatic hydroxyl groups is 1. The number of hydrogen-bond acceptors (Lipinski definition) is 4. The predicted molar refractivity (Wildman–Crippen MR) is 70.5 cm³/mol. The maximum Gasteiger partial charge on any atom is 0.313 e. The summed E-state index contributed by atoms with van der Waals surface area (Å²) in [5, 5.41) is 19.9. The van der Waals surface area contributed by atoms with E-state index in [0.717, 1.165) is 12.1 Å². The molecule has 0 heterocycles. The molecule has 0 bridgehead atoms. The molecule has 104 valence electrons. The van der Waals surface area contributed by atoms with Crippen LogP contribution in [0.15, 0.2) is 36.4 Å². The molecule has 0 aliphatic rings. The molecule has 2 aromatic carbocycles. The molecule has 2 rings (SSSR count). The maximum absolute atomic E-state index is 13.3. The molecular formula is C13H9ClFNO4. The first kappa shape index (κ1) is 14.2. The van der Waals surface area contributed by atoms with Gasteiger partial charge >= 0.3 is 5.69 Å². The molecule has 0 spiro atoms. The van der Waals surface area contributed by atoms with Gasteiger partial charge in [0.15, 0.2) is 0 Å². The van der Waals surface area contributed by atoms with Crippen LogP contribution in [0, 0.1) is 15.9 Å². The molecule has 7 heteroatoms. The molecule has 0 aliphatic heterocycles. The van der Waals surface area contributed by atoms with Crippen molar-refractivity contribution in [2.45, 2.75) is 6.61 Å². The van der Waals surface area contributed by atoms with E-state index in [1.807, 2.05) is 0 Å². The van der Waals surface area contributed by atoms with E-state index in [0.29, 0.717) is 0 Å². The topological polar surface area (TPSA) is 72.6 Å². The molecule has 0 saturated carbocycles. The highest BCUT2D eigenvalue weighted by atomic mass is 35.5. The summed E-state index contributed by atoms with van der Waals surface area (Å²) < 4.78 is 18.6. The standard InChI is InChI=1S/C13H9ClFNO4/c14-11-2-1-3-12(16(18)19)13(11)20-10-5-8(7-17)4-9(15)6-10/h1-6,17H,7H2. The molecule has 20 heavy (non-hydrogen) atoms. The third-order valence-electron chi connectivity index (χ3n) is 2.48. The van der Waals surface area contributed by atoms with Gasteiger partial charge in [0, 0.05) is 12.1 Å². The van der Waals surface area contributed by atoms with Crippen molar-refractivity contribution in [3.63, 3.8) is 0 Å². The molecule has 1 N–H and O–H groups in total. The van der Waals surface area contributed by atoms with Crippen LogP contribution in [0.5, 0.6) is 11.5 Å². The fourth-order valence-corrected chi connectivity index (χ4v) is 1.84. The normalized spacial score (nSPS) is 10.3. The van der Waals surface area contributed by atoms with Crippen LogP contribution >= 0.6 is 11.6 Å². The first-order chi connectivity index (χ1) is 9.51. The average Bonchev–Trinajstić information content (AvgIpc) is 2.40. The Morgan fingerprint density at radius 3 is 2.75 bits per heavy atom. The highest BCUT2D eigenvalue weighted by Crippen LogP contribution is 2.38. The Bertz CT molecular complexity index is 663. The van der Waals surface area contributed by atoms with E-state index in [9.17, 15) is 14.5 Å². The molecule has 5 nitrogen and oxygen atoms in total. The number of hydrogen-bond donors (Lipinski definition) is 1. The maximum atomic E-state index is 13.3. The Morgan fingerprint density at radius 1 is 1.35 bits per heavy atom. The van der Waals surface area contributed by atoms with Crippen molar-refractivity contribution in [3.05, 3.63) is 62.9 Å². The van der Waals surface area contributed by atoms with Crippen LogP contribution in [0.25, 0.3) is 0 Å². The smallest absolute Gasteiger partial charge is 0.313 e. The number of benzene rings is 2. The summed E-state index contributed by atoms with van der Waals surface area (Å²) in [5.41, 5.74) is -0.0398. The summed E-state index contributed by atoms with van der Waals surface area (Å²) in [4.78, 5) is 10.3. The number of nitrogens with zero attached hydrogens (tertiary/aromatic N) is 1. The van der Waals surface area contributed by atoms with E-state index in [1.165, 1.54) is 24.3 Å². The second-order valence-electron chi connectivity index (χ2n) is 3.90. The molecule has 2 aromatic rings. The Labute approximate surface area is 118 Å². The van der Waals surface area contributed by atoms with Crippen molar-refractivity contribution in [1.29, 1.82) is 0 Å². The van der Waals surface area contributed by atoms with Crippen LogP contribution in [-0.4, -0.2) is 10.0 Å². The lowest BCUT2D eigenvalue weighted by atomic mass is 10.2. The quantitative estimate of drug-likeness (QED) is 0.690. The summed E-state index contributed by atoms with van der Waals surface area (Å²) in [6.45, 7) is -0.376. The molecule has 0 aliphatic carbocycles. The minimum atomic E-state index is -0.645. The minimum Gasteiger partial charge on any atom is -0.448 e. The zero-order valence-electron chi connectivity index (χ0n) is 10.0. The van der Waals surface area contributed by atoms with Crippen molar-refractivity contribution in [1.82, 2.24) is 0 Å². The summed E-state index contributed by atoms with van der Waals surface area (Å²) in [5.74, 6) is -0.778. The van der Waals surface area contributed by atoms with Crippen molar-refractivity contribution in [3.8, 4) is 11.5 Å². The lowest BCUT2D eigenvalue weighted by Crippen LogP contribution is -1.95. The van der Waals surface area contributed by atoms with Gasteiger partial charge in [0.05, 0.1) is 16.6 Å². The van der Waals surface area contributed by atoms with Gasteiger partial charge in [0.1, 0.15) is 11.6 Å². The van der Waals surface area contributed by atoms with E-state index in [1.54, 1.807) is 0 Å². The highest BCUT2D eigenvalue weighted by molar-refractivity contribution is 6.32. The van der Waals surface area contributed by atoms with E-state index in [2.05, 4.69) is 0 Å². The first-order valence-electron chi connectivity index (χ1n) is 5.52. The SMILES string of the molecule is O=[N+]([O-])c1cccc(Cl)c1Oc1cc(F)cc(CO)c1. The Balaban J connectivity index is 2.44. The summed E-state index contributed by atoms with van der Waals surface area (Å²) >= 11 is 5.86. The first-order valence-corrected chi connectivity index (χ1v) is 5.90. The predicted octanol–water partition coefficient (Wildman–Crippen LogP) is 3.67. The molecular weight excluding hydrogens is 289 g/mol. The van der Waals surface area contributed by atoms with Crippen molar-refractivity contribution in [2.24, 2.45) is 0 Å². The van der Waals surface area contributed by atoms with Gasteiger partial charge in [-0.15, -0.1) is 0 Å². The molecule has 0 fully saturated rings. The number of rotatable bonds is 4. The van der Waals surface area contributed by atoms with Crippen LogP contribution in [-0.2, 0) is 6.61 Å². The van der Waals surface area contributed by atoms with E-state index < -0.39 is 10.7 Å². The number of para-hydroxylation sites is 1. The fourth-order valence-electron chi connectivity index (χ4n) is 1.63.